The fraction of sp³-hybridized carbons (Fsp3) is 0.188. The molecule has 0 bridgehead atoms. The molecule has 0 amide bonds. The summed E-state index contributed by atoms with van der Waals surface area (Å²) in [6.07, 6.45) is 3.39. The molecule has 0 radical (unpaired) electrons. The standard InChI is InChI=1S/C16H16N8/c1-9(2)14-21-16(24-23-14)22-15-17-6-5-11(20-15)10-3-4-12-13(7-10)19-8-18-12/h3-9H,1-2H3,(H,18,19)(H2,17,20,21,22,23,24). The van der Waals surface area contributed by atoms with Gasteiger partial charge in [0.05, 0.1) is 23.1 Å². The summed E-state index contributed by atoms with van der Waals surface area (Å²) in [5.74, 6) is 2.08. The van der Waals surface area contributed by atoms with Crippen molar-refractivity contribution in [1.82, 2.24) is 35.1 Å². The summed E-state index contributed by atoms with van der Waals surface area (Å²) in [5, 5.41) is 11.2. The highest BCUT2D eigenvalue weighted by Crippen LogP contribution is 2.22. The first-order chi connectivity index (χ1) is 11.7. The number of H-pyrrole nitrogens is 2. The maximum absolute atomic E-state index is 4.54. The van der Waals surface area contributed by atoms with Crippen LogP contribution in [0.4, 0.5) is 11.9 Å². The molecule has 0 aliphatic carbocycles. The number of fused-ring (bicyclic) bond motifs is 1. The lowest BCUT2D eigenvalue weighted by Crippen LogP contribution is -1.99. The predicted molar refractivity (Wildman–Crippen MR) is 90.9 cm³/mol. The maximum Gasteiger partial charge on any atom is 0.230 e. The Kier molecular flexibility index (Phi) is 3.42. The topological polar surface area (TPSA) is 108 Å². The van der Waals surface area contributed by atoms with E-state index in [1.807, 2.05) is 38.1 Å². The maximum atomic E-state index is 4.54. The molecule has 0 aliphatic heterocycles. The van der Waals surface area contributed by atoms with Crippen molar-refractivity contribution in [3.05, 3.63) is 42.6 Å². The van der Waals surface area contributed by atoms with Crippen LogP contribution in [0, 0.1) is 0 Å². The van der Waals surface area contributed by atoms with Crippen LogP contribution in [0.1, 0.15) is 25.6 Å². The zero-order valence-corrected chi connectivity index (χ0v) is 13.3. The lowest BCUT2D eigenvalue weighted by atomic mass is 10.1. The van der Waals surface area contributed by atoms with Crippen LogP contribution in [0.2, 0.25) is 0 Å². The average molecular weight is 320 g/mol. The molecule has 0 saturated carbocycles. The third kappa shape index (κ3) is 2.69. The number of hydrogen-bond donors (Lipinski definition) is 3. The molecule has 1 aromatic carbocycles. The van der Waals surface area contributed by atoms with Gasteiger partial charge in [0.2, 0.25) is 11.9 Å². The molecule has 4 rings (SSSR count). The van der Waals surface area contributed by atoms with Gasteiger partial charge in [0.15, 0.2) is 0 Å². The highest BCUT2D eigenvalue weighted by molar-refractivity contribution is 5.80. The highest BCUT2D eigenvalue weighted by atomic mass is 15.3. The van der Waals surface area contributed by atoms with E-state index in [9.17, 15) is 0 Å². The molecule has 3 aromatic heterocycles. The van der Waals surface area contributed by atoms with E-state index in [4.69, 9.17) is 0 Å². The van der Waals surface area contributed by atoms with Crippen LogP contribution in [0.5, 0.6) is 0 Å². The Morgan fingerprint density at radius 2 is 2.00 bits per heavy atom. The van der Waals surface area contributed by atoms with E-state index < -0.39 is 0 Å². The first-order valence-electron chi connectivity index (χ1n) is 7.65. The summed E-state index contributed by atoms with van der Waals surface area (Å²) in [5.41, 5.74) is 3.67. The van der Waals surface area contributed by atoms with Gasteiger partial charge in [0.25, 0.3) is 0 Å². The highest BCUT2D eigenvalue weighted by Gasteiger charge is 2.09. The molecule has 8 nitrogen and oxygen atoms in total. The van der Waals surface area contributed by atoms with Crippen LogP contribution >= 0.6 is 0 Å². The van der Waals surface area contributed by atoms with Crippen molar-refractivity contribution >= 4 is 22.9 Å². The van der Waals surface area contributed by atoms with Crippen LogP contribution in [-0.2, 0) is 0 Å². The SMILES string of the molecule is CC(C)c1nnc(Nc2nccc(-c3ccc4[nH]cnc4c3)n2)[nH]1. The fourth-order valence-corrected chi connectivity index (χ4v) is 2.37. The van der Waals surface area contributed by atoms with Gasteiger partial charge in [-0.2, -0.15) is 0 Å². The Morgan fingerprint density at radius 1 is 1.08 bits per heavy atom. The quantitative estimate of drug-likeness (QED) is 0.533. The van der Waals surface area contributed by atoms with E-state index in [2.05, 4.69) is 40.4 Å². The lowest BCUT2D eigenvalue weighted by molar-refractivity contribution is 0.781. The number of benzene rings is 1. The van der Waals surface area contributed by atoms with E-state index in [1.54, 1.807) is 12.5 Å². The summed E-state index contributed by atoms with van der Waals surface area (Å²) in [6.45, 7) is 4.10. The number of nitrogens with one attached hydrogen (secondary N) is 3. The summed E-state index contributed by atoms with van der Waals surface area (Å²) < 4.78 is 0. The third-order valence-corrected chi connectivity index (χ3v) is 3.65. The first-order valence-corrected chi connectivity index (χ1v) is 7.65. The second kappa shape index (κ2) is 5.73. The van der Waals surface area contributed by atoms with Gasteiger partial charge >= 0.3 is 0 Å². The number of anilines is 2. The fourth-order valence-electron chi connectivity index (χ4n) is 2.37. The Bertz CT molecular complexity index is 984. The van der Waals surface area contributed by atoms with Gasteiger partial charge in [-0.3, -0.25) is 5.32 Å². The predicted octanol–water partition coefficient (Wildman–Crippen LogP) is 3.00. The van der Waals surface area contributed by atoms with Gasteiger partial charge < -0.3 is 9.97 Å². The van der Waals surface area contributed by atoms with Gasteiger partial charge in [-0.05, 0) is 18.2 Å². The molecule has 3 heterocycles. The second-order valence-corrected chi connectivity index (χ2v) is 5.74. The second-order valence-electron chi connectivity index (χ2n) is 5.74. The Hall–Kier alpha value is -3.29. The number of rotatable bonds is 4. The van der Waals surface area contributed by atoms with Gasteiger partial charge in [-0.25, -0.2) is 15.0 Å². The molecule has 0 fully saturated rings. The molecule has 8 heteroatoms. The zero-order valence-electron chi connectivity index (χ0n) is 13.3. The molecule has 4 aromatic rings. The summed E-state index contributed by atoms with van der Waals surface area (Å²) in [4.78, 5) is 19.2. The molecule has 0 atom stereocenters. The number of aromatic nitrogens is 7. The van der Waals surface area contributed by atoms with Crippen LogP contribution < -0.4 is 5.32 Å². The van der Waals surface area contributed by atoms with Gasteiger partial charge in [0.1, 0.15) is 5.82 Å². The van der Waals surface area contributed by atoms with Crippen molar-refractivity contribution < 1.29 is 0 Å². The minimum Gasteiger partial charge on any atom is -0.345 e. The third-order valence-electron chi connectivity index (χ3n) is 3.65. The summed E-state index contributed by atoms with van der Waals surface area (Å²) in [7, 11) is 0. The van der Waals surface area contributed by atoms with Crippen molar-refractivity contribution in [1.29, 1.82) is 0 Å². The molecule has 0 saturated heterocycles. The van der Waals surface area contributed by atoms with Crippen LogP contribution in [0.25, 0.3) is 22.3 Å². The minimum atomic E-state index is 0.279. The lowest BCUT2D eigenvalue weighted by Gasteiger charge is -2.04. The van der Waals surface area contributed by atoms with E-state index in [-0.39, 0.29) is 5.92 Å². The Balaban J connectivity index is 1.62. The van der Waals surface area contributed by atoms with E-state index in [0.29, 0.717) is 11.9 Å². The van der Waals surface area contributed by atoms with Gasteiger partial charge in [0, 0.05) is 17.7 Å². The molecule has 0 spiro atoms. The molecule has 120 valence electrons. The van der Waals surface area contributed by atoms with Gasteiger partial charge in [-0.1, -0.05) is 19.9 Å². The van der Waals surface area contributed by atoms with E-state index in [0.717, 1.165) is 28.1 Å². The van der Waals surface area contributed by atoms with Crippen molar-refractivity contribution in [2.75, 3.05) is 5.32 Å². The van der Waals surface area contributed by atoms with Crippen molar-refractivity contribution in [2.45, 2.75) is 19.8 Å². The Labute approximate surface area is 137 Å². The number of nitrogens with zero attached hydrogens (tertiary/aromatic N) is 5. The molecular weight excluding hydrogens is 304 g/mol. The minimum absolute atomic E-state index is 0.279. The normalized spacial score (nSPS) is 11.3. The van der Waals surface area contributed by atoms with Crippen LogP contribution in [0.3, 0.4) is 0 Å². The van der Waals surface area contributed by atoms with E-state index >= 15 is 0 Å². The molecule has 0 aliphatic rings. The summed E-state index contributed by atoms with van der Waals surface area (Å²) in [6, 6.07) is 7.83. The molecule has 24 heavy (non-hydrogen) atoms. The largest absolute Gasteiger partial charge is 0.345 e. The van der Waals surface area contributed by atoms with Crippen molar-refractivity contribution in [3.63, 3.8) is 0 Å². The van der Waals surface area contributed by atoms with Crippen LogP contribution in [-0.4, -0.2) is 35.1 Å². The smallest absolute Gasteiger partial charge is 0.230 e. The number of imidazole rings is 1. The van der Waals surface area contributed by atoms with Crippen LogP contribution in [0.15, 0.2) is 36.8 Å². The zero-order chi connectivity index (χ0) is 16.5. The average Bonchev–Trinajstić information content (AvgIpc) is 3.23. The first kappa shape index (κ1) is 14.3. The van der Waals surface area contributed by atoms with Crippen molar-refractivity contribution in [2.24, 2.45) is 0 Å². The number of aromatic amines is 2. The van der Waals surface area contributed by atoms with Crippen molar-refractivity contribution in [3.8, 4) is 11.3 Å². The van der Waals surface area contributed by atoms with E-state index in [1.165, 1.54) is 0 Å². The molecule has 3 N–H and O–H groups in total. The summed E-state index contributed by atoms with van der Waals surface area (Å²) >= 11 is 0. The number of hydrogen-bond acceptors (Lipinski definition) is 6. The Morgan fingerprint density at radius 3 is 2.83 bits per heavy atom. The molecule has 0 unspecified atom stereocenters. The monoisotopic (exact) mass is 320 g/mol. The van der Waals surface area contributed by atoms with Gasteiger partial charge in [-0.15, -0.1) is 10.2 Å². The molecular formula is C16H16N8.